The summed E-state index contributed by atoms with van der Waals surface area (Å²) in [6.07, 6.45) is -0.372. The van der Waals surface area contributed by atoms with Gasteiger partial charge in [-0.3, -0.25) is 0 Å². The number of hydrogen-bond acceptors (Lipinski definition) is 3. The molecule has 1 saturated heterocycles. The second-order valence-electron chi connectivity index (χ2n) is 3.18. The molecular weight excluding hydrogens is 262 g/mol. The van der Waals surface area contributed by atoms with Gasteiger partial charge in [0.25, 0.3) is 0 Å². The average molecular weight is 272 g/mol. The smallest absolute Gasteiger partial charge is 0.407 e. The largest absolute Gasteiger partial charge is 0.497 e. The highest BCUT2D eigenvalue weighted by Gasteiger charge is 2.25. The van der Waals surface area contributed by atoms with E-state index in [2.05, 4.69) is 21.2 Å². The topological polar surface area (TPSA) is 47.6 Å². The van der Waals surface area contributed by atoms with Crippen LogP contribution in [-0.2, 0) is 4.74 Å². The summed E-state index contributed by atoms with van der Waals surface area (Å²) in [6.45, 7) is 0.365. The average Bonchev–Trinajstić information content (AvgIpc) is 2.64. The van der Waals surface area contributed by atoms with Gasteiger partial charge in [0, 0.05) is 4.47 Å². The van der Waals surface area contributed by atoms with E-state index in [0.717, 1.165) is 15.8 Å². The van der Waals surface area contributed by atoms with Crippen LogP contribution in [0.5, 0.6) is 5.75 Å². The van der Waals surface area contributed by atoms with E-state index in [0.29, 0.717) is 6.61 Å². The minimum absolute atomic E-state index is 0.0854. The molecule has 0 spiro atoms. The zero-order valence-corrected chi connectivity index (χ0v) is 9.71. The maximum atomic E-state index is 10.9. The van der Waals surface area contributed by atoms with E-state index in [1.54, 1.807) is 7.11 Å². The SMILES string of the molecule is COc1ccc(C2COC(=O)N2)c(Br)c1. The molecule has 2 rings (SSSR count). The molecule has 4 nitrogen and oxygen atoms in total. The number of carbonyl (C=O) groups is 1. The molecule has 0 aliphatic carbocycles. The number of hydrogen-bond donors (Lipinski definition) is 1. The second-order valence-corrected chi connectivity index (χ2v) is 4.04. The molecule has 1 N–H and O–H groups in total. The molecule has 0 saturated carbocycles. The lowest BCUT2D eigenvalue weighted by molar-refractivity contribution is 0.177. The van der Waals surface area contributed by atoms with Crippen LogP contribution in [0.4, 0.5) is 4.79 Å². The van der Waals surface area contributed by atoms with Crippen molar-refractivity contribution in [3.05, 3.63) is 28.2 Å². The molecule has 1 fully saturated rings. The van der Waals surface area contributed by atoms with E-state index < -0.39 is 0 Å². The number of benzene rings is 1. The van der Waals surface area contributed by atoms with Crippen LogP contribution >= 0.6 is 15.9 Å². The molecule has 1 aliphatic rings. The molecule has 0 bridgehead atoms. The number of amides is 1. The van der Waals surface area contributed by atoms with Crippen LogP contribution in [-0.4, -0.2) is 19.8 Å². The fourth-order valence-electron chi connectivity index (χ4n) is 1.47. The molecule has 80 valence electrons. The Bertz CT molecular complexity index is 394. The molecule has 1 aliphatic heterocycles. The lowest BCUT2D eigenvalue weighted by Crippen LogP contribution is -2.18. The van der Waals surface area contributed by atoms with Gasteiger partial charge in [-0.1, -0.05) is 22.0 Å². The lowest BCUT2D eigenvalue weighted by Gasteiger charge is -2.11. The van der Waals surface area contributed by atoms with Crippen molar-refractivity contribution in [1.82, 2.24) is 5.32 Å². The number of alkyl carbamates (subject to hydrolysis) is 1. The zero-order valence-electron chi connectivity index (χ0n) is 8.12. The lowest BCUT2D eigenvalue weighted by atomic mass is 10.1. The van der Waals surface area contributed by atoms with Crippen molar-refractivity contribution in [1.29, 1.82) is 0 Å². The summed E-state index contributed by atoms with van der Waals surface area (Å²) in [7, 11) is 1.61. The third kappa shape index (κ3) is 2.07. The summed E-state index contributed by atoms with van der Waals surface area (Å²) < 4.78 is 10.8. The van der Waals surface area contributed by atoms with E-state index in [1.807, 2.05) is 18.2 Å². The van der Waals surface area contributed by atoms with Crippen molar-refractivity contribution in [2.24, 2.45) is 0 Å². The van der Waals surface area contributed by atoms with Crippen LogP contribution in [0.3, 0.4) is 0 Å². The van der Waals surface area contributed by atoms with E-state index in [9.17, 15) is 4.79 Å². The summed E-state index contributed by atoms with van der Waals surface area (Å²) in [6, 6.07) is 5.53. The van der Waals surface area contributed by atoms with Crippen LogP contribution < -0.4 is 10.1 Å². The molecule has 1 atom stereocenters. The van der Waals surface area contributed by atoms with Gasteiger partial charge in [-0.25, -0.2) is 4.79 Å². The molecule has 0 radical (unpaired) electrons. The summed E-state index contributed by atoms with van der Waals surface area (Å²) >= 11 is 3.43. The Balaban J connectivity index is 2.25. The van der Waals surface area contributed by atoms with E-state index in [4.69, 9.17) is 9.47 Å². The normalized spacial score (nSPS) is 19.6. The number of cyclic esters (lactones) is 1. The predicted octanol–water partition coefficient (Wildman–Crippen LogP) is 2.24. The van der Waals surface area contributed by atoms with Crippen LogP contribution in [0, 0.1) is 0 Å². The number of nitrogens with one attached hydrogen (secondary N) is 1. The Morgan fingerprint density at radius 2 is 2.40 bits per heavy atom. The molecule has 1 aromatic carbocycles. The third-order valence-electron chi connectivity index (χ3n) is 2.26. The molecule has 1 heterocycles. The third-order valence-corrected chi connectivity index (χ3v) is 2.94. The highest BCUT2D eigenvalue weighted by Crippen LogP contribution is 2.29. The van der Waals surface area contributed by atoms with Gasteiger partial charge in [0.2, 0.25) is 0 Å². The molecular formula is C10H10BrNO3. The van der Waals surface area contributed by atoms with Crippen LogP contribution in [0.2, 0.25) is 0 Å². The van der Waals surface area contributed by atoms with Gasteiger partial charge >= 0.3 is 6.09 Å². The Morgan fingerprint density at radius 1 is 1.60 bits per heavy atom. The molecule has 0 aromatic heterocycles. The van der Waals surface area contributed by atoms with Crippen LogP contribution in [0.25, 0.3) is 0 Å². The van der Waals surface area contributed by atoms with Crippen LogP contribution in [0.1, 0.15) is 11.6 Å². The first-order valence-electron chi connectivity index (χ1n) is 4.47. The number of halogens is 1. The van der Waals surface area contributed by atoms with Gasteiger partial charge in [-0.15, -0.1) is 0 Å². The Kier molecular flexibility index (Phi) is 2.81. The van der Waals surface area contributed by atoms with Crippen molar-refractivity contribution in [3.8, 4) is 5.75 Å². The Labute approximate surface area is 95.7 Å². The Hall–Kier alpha value is -1.23. The molecule has 1 unspecified atom stereocenters. The Morgan fingerprint density at radius 3 is 2.93 bits per heavy atom. The fraction of sp³-hybridized carbons (Fsp3) is 0.300. The molecule has 5 heteroatoms. The molecule has 15 heavy (non-hydrogen) atoms. The van der Waals surface area contributed by atoms with Gasteiger partial charge in [-0.05, 0) is 17.7 Å². The number of ether oxygens (including phenoxy) is 2. The first-order valence-corrected chi connectivity index (χ1v) is 5.26. The van der Waals surface area contributed by atoms with Crippen molar-refractivity contribution >= 4 is 22.0 Å². The van der Waals surface area contributed by atoms with Crippen molar-refractivity contribution in [3.63, 3.8) is 0 Å². The minimum atomic E-state index is -0.372. The van der Waals surface area contributed by atoms with Gasteiger partial charge < -0.3 is 14.8 Å². The minimum Gasteiger partial charge on any atom is -0.497 e. The zero-order chi connectivity index (χ0) is 10.8. The maximum absolute atomic E-state index is 10.9. The first kappa shape index (κ1) is 10.3. The summed E-state index contributed by atoms with van der Waals surface area (Å²) in [5.41, 5.74) is 0.988. The monoisotopic (exact) mass is 271 g/mol. The van der Waals surface area contributed by atoms with Gasteiger partial charge in [0.1, 0.15) is 12.4 Å². The number of methoxy groups -OCH3 is 1. The first-order chi connectivity index (χ1) is 7.20. The second kappa shape index (κ2) is 4.10. The molecule has 1 aromatic rings. The number of rotatable bonds is 2. The van der Waals surface area contributed by atoms with Crippen molar-refractivity contribution in [2.75, 3.05) is 13.7 Å². The maximum Gasteiger partial charge on any atom is 0.407 e. The summed E-state index contributed by atoms with van der Waals surface area (Å²) in [4.78, 5) is 10.9. The van der Waals surface area contributed by atoms with E-state index in [1.165, 1.54) is 0 Å². The van der Waals surface area contributed by atoms with Crippen molar-refractivity contribution < 1.29 is 14.3 Å². The van der Waals surface area contributed by atoms with E-state index in [-0.39, 0.29) is 12.1 Å². The summed E-state index contributed by atoms with van der Waals surface area (Å²) in [5.74, 6) is 0.774. The molecule has 1 amide bonds. The summed E-state index contributed by atoms with van der Waals surface area (Å²) in [5, 5.41) is 2.72. The predicted molar refractivity (Wildman–Crippen MR) is 57.9 cm³/mol. The highest BCUT2D eigenvalue weighted by molar-refractivity contribution is 9.10. The van der Waals surface area contributed by atoms with Crippen molar-refractivity contribution in [2.45, 2.75) is 6.04 Å². The van der Waals surface area contributed by atoms with E-state index >= 15 is 0 Å². The number of carbonyl (C=O) groups excluding carboxylic acids is 1. The van der Waals surface area contributed by atoms with Gasteiger partial charge in [-0.2, -0.15) is 0 Å². The quantitative estimate of drug-likeness (QED) is 0.898. The van der Waals surface area contributed by atoms with Gasteiger partial charge in [0.05, 0.1) is 13.2 Å². The highest BCUT2D eigenvalue weighted by atomic mass is 79.9. The van der Waals surface area contributed by atoms with Crippen LogP contribution in [0.15, 0.2) is 22.7 Å². The van der Waals surface area contributed by atoms with Gasteiger partial charge in [0.15, 0.2) is 0 Å². The standard InChI is InChI=1S/C10H10BrNO3/c1-14-6-2-3-7(8(11)4-6)9-5-15-10(13)12-9/h2-4,9H,5H2,1H3,(H,12,13). The fourth-order valence-corrected chi connectivity index (χ4v) is 2.10.